The monoisotopic (exact) mass is 269 g/mol. The Kier molecular flexibility index (Phi) is 2.52. The number of H-pyrrole nitrogens is 1. The summed E-state index contributed by atoms with van der Waals surface area (Å²) in [6.45, 7) is 2.12. The smallest absolute Gasteiger partial charge is 0.399 e. The zero-order chi connectivity index (χ0) is 13.8. The van der Waals surface area contributed by atoms with E-state index < -0.39 is 11.7 Å². The lowest BCUT2D eigenvalue weighted by Crippen LogP contribution is -2.19. The lowest BCUT2D eigenvalue weighted by molar-refractivity contribution is -0.136. The van der Waals surface area contributed by atoms with Crippen molar-refractivity contribution in [1.29, 1.82) is 0 Å². The molecule has 0 bridgehead atoms. The second-order valence-corrected chi connectivity index (χ2v) is 5.36. The SMILES string of the molecule is CC1CC(c2nc3c(C(F)(F)F)cc(N)cc3[nH]2)C1. The van der Waals surface area contributed by atoms with Crippen molar-refractivity contribution in [1.82, 2.24) is 9.97 Å². The summed E-state index contributed by atoms with van der Waals surface area (Å²) in [6.07, 6.45) is -2.50. The molecule has 3 N–H and O–H groups in total. The number of benzene rings is 1. The zero-order valence-electron chi connectivity index (χ0n) is 10.4. The number of aromatic amines is 1. The van der Waals surface area contributed by atoms with Gasteiger partial charge in [0.2, 0.25) is 0 Å². The Hall–Kier alpha value is -1.72. The van der Waals surface area contributed by atoms with Gasteiger partial charge in [-0.2, -0.15) is 13.2 Å². The van der Waals surface area contributed by atoms with Gasteiger partial charge in [-0.25, -0.2) is 4.98 Å². The Morgan fingerprint density at radius 3 is 2.58 bits per heavy atom. The maximum atomic E-state index is 13.0. The minimum atomic E-state index is -4.44. The van der Waals surface area contributed by atoms with E-state index in [1.165, 1.54) is 6.07 Å². The van der Waals surface area contributed by atoms with Crippen molar-refractivity contribution in [2.45, 2.75) is 31.9 Å². The van der Waals surface area contributed by atoms with Crippen LogP contribution in [0.15, 0.2) is 12.1 Å². The van der Waals surface area contributed by atoms with Crippen LogP contribution in [0.25, 0.3) is 11.0 Å². The highest BCUT2D eigenvalue weighted by Gasteiger charge is 2.35. The average Bonchev–Trinajstić information content (AvgIpc) is 2.65. The minimum absolute atomic E-state index is 0.0312. The number of hydrogen-bond acceptors (Lipinski definition) is 2. The molecule has 3 rings (SSSR count). The second-order valence-electron chi connectivity index (χ2n) is 5.36. The van der Waals surface area contributed by atoms with E-state index in [9.17, 15) is 13.2 Å². The predicted octanol–water partition coefficient (Wildman–Crippen LogP) is 3.68. The molecule has 1 aromatic heterocycles. The first-order chi connectivity index (χ1) is 8.84. The molecule has 1 saturated carbocycles. The summed E-state index contributed by atoms with van der Waals surface area (Å²) in [6, 6.07) is 2.44. The van der Waals surface area contributed by atoms with Crippen molar-refractivity contribution < 1.29 is 13.2 Å². The Balaban J connectivity index is 2.11. The standard InChI is InChI=1S/C13H14F3N3/c1-6-2-7(3-6)12-18-10-5-8(17)4-9(11(10)19-12)13(14,15)16/h4-7H,2-3,17H2,1H3,(H,18,19). The van der Waals surface area contributed by atoms with E-state index in [0.717, 1.165) is 18.9 Å². The van der Waals surface area contributed by atoms with Crippen LogP contribution in [0, 0.1) is 5.92 Å². The summed E-state index contributed by atoms with van der Waals surface area (Å²) < 4.78 is 38.9. The summed E-state index contributed by atoms with van der Waals surface area (Å²) in [5.41, 5.74) is 5.19. The van der Waals surface area contributed by atoms with Gasteiger partial charge in [0.15, 0.2) is 0 Å². The first kappa shape index (κ1) is 12.3. The quantitative estimate of drug-likeness (QED) is 0.776. The van der Waals surface area contributed by atoms with Crippen LogP contribution in [0.5, 0.6) is 0 Å². The largest absolute Gasteiger partial charge is 0.418 e. The maximum Gasteiger partial charge on any atom is 0.418 e. The van der Waals surface area contributed by atoms with Crippen LogP contribution in [-0.2, 0) is 6.18 Å². The number of anilines is 1. The number of fused-ring (bicyclic) bond motifs is 1. The average molecular weight is 269 g/mol. The molecule has 0 saturated heterocycles. The highest BCUT2D eigenvalue weighted by atomic mass is 19.4. The molecule has 1 aliphatic rings. The Morgan fingerprint density at radius 2 is 2.00 bits per heavy atom. The third kappa shape index (κ3) is 2.05. The van der Waals surface area contributed by atoms with Crippen LogP contribution >= 0.6 is 0 Å². The fraction of sp³-hybridized carbons (Fsp3) is 0.462. The fourth-order valence-electron chi connectivity index (χ4n) is 2.69. The number of imidazole rings is 1. The number of nitrogens with zero attached hydrogens (tertiary/aromatic N) is 1. The van der Waals surface area contributed by atoms with Crippen LogP contribution in [-0.4, -0.2) is 9.97 Å². The maximum absolute atomic E-state index is 13.0. The number of nitrogen functional groups attached to an aromatic ring is 1. The lowest BCUT2D eigenvalue weighted by atomic mass is 9.76. The molecule has 2 aromatic rings. The van der Waals surface area contributed by atoms with Crippen LogP contribution in [0.1, 0.15) is 37.1 Å². The highest BCUT2D eigenvalue weighted by molar-refractivity contribution is 5.83. The summed E-state index contributed by atoms with van der Waals surface area (Å²) in [7, 11) is 0. The molecule has 1 heterocycles. The second kappa shape index (κ2) is 3.88. The third-order valence-electron chi connectivity index (χ3n) is 3.69. The fourth-order valence-corrected chi connectivity index (χ4v) is 2.69. The normalized spacial score (nSPS) is 23.6. The number of nitrogens with two attached hydrogens (primary N) is 1. The van der Waals surface area contributed by atoms with Gasteiger partial charge in [0, 0.05) is 11.6 Å². The van der Waals surface area contributed by atoms with Gasteiger partial charge >= 0.3 is 6.18 Å². The molecular formula is C13H14F3N3. The molecule has 6 heteroatoms. The molecule has 0 radical (unpaired) electrons. The van der Waals surface area contributed by atoms with Crippen molar-refractivity contribution >= 4 is 16.7 Å². The first-order valence-corrected chi connectivity index (χ1v) is 6.21. The van der Waals surface area contributed by atoms with Crippen molar-refractivity contribution in [3.63, 3.8) is 0 Å². The van der Waals surface area contributed by atoms with Crippen molar-refractivity contribution in [2.24, 2.45) is 5.92 Å². The van der Waals surface area contributed by atoms with Gasteiger partial charge in [0.25, 0.3) is 0 Å². The van der Waals surface area contributed by atoms with Gasteiger partial charge in [-0.15, -0.1) is 0 Å². The Bertz CT molecular complexity index is 624. The lowest BCUT2D eigenvalue weighted by Gasteiger charge is -2.30. The van der Waals surface area contributed by atoms with Gasteiger partial charge < -0.3 is 10.7 Å². The van der Waals surface area contributed by atoms with Gasteiger partial charge in [-0.05, 0) is 30.9 Å². The zero-order valence-corrected chi connectivity index (χ0v) is 10.4. The third-order valence-corrected chi connectivity index (χ3v) is 3.69. The molecule has 0 atom stereocenters. The highest BCUT2D eigenvalue weighted by Crippen LogP contribution is 2.42. The van der Waals surface area contributed by atoms with Gasteiger partial charge in [0.1, 0.15) is 11.3 Å². The topological polar surface area (TPSA) is 54.7 Å². The Labute approximate surface area is 108 Å². The van der Waals surface area contributed by atoms with Gasteiger partial charge in [0.05, 0.1) is 11.1 Å². The summed E-state index contributed by atoms with van der Waals surface area (Å²) in [5.74, 6) is 1.50. The van der Waals surface area contributed by atoms with E-state index in [4.69, 9.17) is 5.73 Å². The van der Waals surface area contributed by atoms with Crippen LogP contribution in [0.3, 0.4) is 0 Å². The van der Waals surface area contributed by atoms with E-state index in [-0.39, 0.29) is 17.1 Å². The van der Waals surface area contributed by atoms with Crippen molar-refractivity contribution in [3.8, 4) is 0 Å². The molecule has 0 amide bonds. The molecule has 0 unspecified atom stereocenters. The Morgan fingerprint density at radius 1 is 1.32 bits per heavy atom. The molecule has 1 aliphatic carbocycles. The number of aromatic nitrogens is 2. The molecule has 102 valence electrons. The molecule has 1 aromatic carbocycles. The summed E-state index contributed by atoms with van der Waals surface area (Å²) in [5, 5.41) is 0. The van der Waals surface area contributed by atoms with E-state index in [0.29, 0.717) is 17.3 Å². The van der Waals surface area contributed by atoms with Crippen LogP contribution < -0.4 is 5.73 Å². The molecule has 19 heavy (non-hydrogen) atoms. The molecule has 1 fully saturated rings. The number of rotatable bonds is 1. The molecular weight excluding hydrogens is 255 g/mol. The van der Waals surface area contributed by atoms with E-state index in [1.807, 2.05) is 0 Å². The van der Waals surface area contributed by atoms with Crippen LogP contribution in [0.4, 0.5) is 18.9 Å². The molecule has 3 nitrogen and oxygen atoms in total. The predicted molar refractivity (Wildman–Crippen MR) is 66.6 cm³/mol. The van der Waals surface area contributed by atoms with E-state index in [2.05, 4.69) is 16.9 Å². The molecule has 0 spiro atoms. The van der Waals surface area contributed by atoms with E-state index >= 15 is 0 Å². The van der Waals surface area contributed by atoms with Crippen molar-refractivity contribution in [3.05, 3.63) is 23.5 Å². The summed E-state index contributed by atoms with van der Waals surface area (Å²) in [4.78, 5) is 7.13. The minimum Gasteiger partial charge on any atom is -0.399 e. The van der Waals surface area contributed by atoms with Crippen molar-refractivity contribution in [2.75, 3.05) is 5.73 Å². The summed E-state index contributed by atoms with van der Waals surface area (Å²) >= 11 is 0. The van der Waals surface area contributed by atoms with Crippen LogP contribution in [0.2, 0.25) is 0 Å². The van der Waals surface area contributed by atoms with E-state index in [1.54, 1.807) is 0 Å². The first-order valence-electron chi connectivity index (χ1n) is 6.21. The number of halogens is 3. The number of hydrogen-bond donors (Lipinski definition) is 2. The van der Waals surface area contributed by atoms with Gasteiger partial charge in [-0.1, -0.05) is 6.92 Å². The number of nitrogens with one attached hydrogen (secondary N) is 1. The molecule has 0 aliphatic heterocycles. The number of alkyl halides is 3. The van der Waals surface area contributed by atoms with Gasteiger partial charge in [-0.3, -0.25) is 0 Å².